The minimum atomic E-state index is -0.904. The standard InChI is InChI=1S/C15H21N3O4/c1-11(2)8-13(14(20)18(16)10-19)17-15(21)22-9-12-6-4-3-5-7-12/h3-7,10-11,13H,8-9,16H2,1-2H3,(H,17,21). The van der Waals surface area contributed by atoms with Gasteiger partial charge >= 0.3 is 6.09 Å². The summed E-state index contributed by atoms with van der Waals surface area (Å²) in [5, 5.41) is 2.86. The van der Waals surface area contributed by atoms with Crippen LogP contribution in [-0.2, 0) is 20.9 Å². The van der Waals surface area contributed by atoms with E-state index in [0.29, 0.717) is 11.4 Å². The number of nitrogens with zero attached hydrogens (tertiary/aromatic N) is 1. The molecule has 1 aromatic rings. The number of alkyl carbamates (subject to hydrolysis) is 1. The fourth-order valence-electron chi connectivity index (χ4n) is 1.83. The van der Waals surface area contributed by atoms with Gasteiger partial charge in [0, 0.05) is 0 Å². The van der Waals surface area contributed by atoms with Crippen LogP contribution in [0.5, 0.6) is 0 Å². The predicted octanol–water partition coefficient (Wildman–Crippen LogP) is 1.19. The molecule has 3 amide bonds. The lowest BCUT2D eigenvalue weighted by Crippen LogP contribution is -2.51. The number of ether oxygens (including phenoxy) is 1. The molecule has 3 N–H and O–H groups in total. The first-order chi connectivity index (χ1) is 10.4. The van der Waals surface area contributed by atoms with Gasteiger partial charge in [-0.05, 0) is 17.9 Å². The lowest BCUT2D eigenvalue weighted by molar-refractivity contribution is -0.140. The van der Waals surface area contributed by atoms with Crippen molar-refractivity contribution in [1.29, 1.82) is 0 Å². The van der Waals surface area contributed by atoms with E-state index in [0.717, 1.165) is 5.56 Å². The van der Waals surface area contributed by atoms with E-state index in [4.69, 9.17) is 10.6 Å². The van der Waals surface area contributed by atoms with E-state index in [9.17, 15) is 14.4 Å². The van der Waals surface area contributed by atoms with Crippen LogP contribution in [0.3, 0.4) is 0 Å². The van der Waals surface area contributed by atoms with E-state index in [1.807, 2.05) is 44.2 Å². The van der Waals surface area contributed by atoms with Crippen LogP contribution in [0.25, 0.3) is 0 Å². The monoisotopic (exact) mass is 307 g/mol. The van der Waals surface area contributed by atoms with Crippen LogP contribution in [-0.4, -0.2) is 29.5 Å². The highest BCUT2D eigenvalue weighted by Crippen LogP contribution is 2.07. The SMILES string of the molecule is CC(C)CC(NC(=O)OCc1ccccc1)C(=O)N(N)C=O. The van der Waals surface area contributed by atoms with Gasteiger partial charge in [0.05, 0.1) is 0 Å². The highest BCUT2D eigenvalue weighted by atomic mass is 16.5. The van der Waals surface area contributed by atoms with Gasteiger partial charge < -0.3 is 10.1 Å². The number of nitrogens with two attached hydrogens (primary N) is 1. The maximum absolute atomic E-state index is 11.9. The summed E-state index contributed by atoms with van der Waals surface area (Å²) in [7, 11) is 0. The molecule has 0 fully saturated rings. The van der Waals surface area contributed by atoms with E-state index in [1.165, 1.54) is 0 Å². The lowest BCUT2D eigenvalue weighted by Gasteiger charge is -2.21. The normalized spacial score (nSPS) is 11.6. The number of amides is 3. The molecule has 1 aromatic carbocycles. The number of rotatable bonds is 7. The average Bonchev–Trinajstić information content (AvgIpc) is 2.51. The molecule has 0 spiro atoms. The van der Waals surface area contributed by atoms with Crippen LogP contribution in [0.1, 0.15) is 25.8 Å². The summed E-state index contributed by atoms with van der Waals surface area (Å²) in [6, 6.07) is 8.25. The van der Waals surface area contributed by atoms with Gasteiger partial charge in [0.15, 0.2) is 0 Å². The van der Waals surface area contributed by atoms with Crippen molar-refractivity contribution in [3.8, 4) is 0 Å². The molecule has 0 bridgehead atoms. The quantitative estimate of drug-likeness (QED) is 0.341. The van der Waals surface area contributed by atoms with Crippen LogP contribution in [0.15, 0.2) is 30.3 Å². The summed E-state index contributed by atoms with van der Waals surface area (Å²) in [6.45, 7) is 3.87. The second kappa shape index (κ2) is 8.78. The zero-order valence-corrected chi connectivity index (χ0v) is 12.7. The van der Waals surface area contributed by atoms with Crippen LogP contribution < -0.4 is 11.2 Å². The molecule has 7 heteroatoms. The zero-order chi connectivity index (χ0) is 16.5. The van der Waals surface area contributed by atoms with Crippen LogP contribution in [0, 0.1) is 5.92 Å². The largest absolute Gasteiger partial charge is 0.445 e. The van der Waals surface area contributed by atoms with Crippen molar-refractivity contribution >= 4 is 18.4 Å². The van der Waals surface area contributed by atoms with E-state index < -0.39 is 18.0 Å². The maximum Gasteiger partial charge on any atom is 0.408 e. The predicted molar refractivity (Wildman–Crippen MR) is 80.1 cm³/mol. The Hall–Kier alpha value is -2.41. The van der Waals surface area contributed by atoms with E-state index in [1.54, 1.807) is 0 Å². The van der Waals surface area contributed by atoms with Crippen molar-refractivity contribution in [3.63, 3.8) is 0 Å². The number of benzene rings is 1. The molecule has 0 saturated carbocycles. The van der Waals surface area contributed by atoms with Crippen molar-refractivity contribution in [2.45, 2.75) is 32.9 Å². The lowest BCUT2D eigenvalue weighted by atomic mass is 10.0. The molecule has 22 heavy (non-hydrogen) atoms. The number of nitrogens with one attached hydrogen (secondary N) is 1. The highest BCUT2D eigenvalue weighted by Gasteiger charge is 2.25. The van der Waals surface area contributed by atoms with Gasteiger partial charge in [0.1, 0.15) is 12.6 Å². The maximum atomic E-state index is 11.9. The minimum absolute atomic E-state index is 0.0925. The summed E-state index contributed by atoms with van der Waals surface area (Å²) in [5.41, 5.74) is 0.831. The van der Waals surface area contributed by atoms with E-state index >= 15 is 0 Å². The number of carbonyl (C=O) groups excluding carboxylic acids is 3. The third kappa shape index (κ3) is 5.92. The van der Waals surface area contributed by atoms with Crippen LogP contribution >= 0.6 is 0 Å². The van der Waals surface area contributed by atoms with Gasteiger partial charge in [0.2, 0.25) is 6.41 Å². The number of imide groups is 1. The summed E-state index contributed by atoms with van der Waals surface area (Å²) in [5.74, 6) is 4.71. The van der Waals surface area contributed by atoms with Gasteiger partial charge in [-0.25, -0.2) is 15.6 Å². The Morgan fingerprint density at radius 2 is 1.95 bits per heavy atom. The van der Waals surface area contributed by atoms with Crippen molar-refractivity contribution in [2.24, 2.45) is 11.8 Å². The topological polar surface area (TPSA) is 102 Å². The van der Waals surface area contributed by atoms with Gasteiger partial charge in [0.25, 0.3) is 5.91 Å². The molecule has 0 aliphatic heterocycles. The molecule has 1 rings (SSSR count). The highest BCUT2D eigenvalue weighted by molar-refractivity contribution is 5.91. The zero-order valence-electron chi connectivity index (χ0n) is 12.7. The Labute approximate surface area is 129 Å². The number of hydrazine groups is 1. The second-order valence-electron chi connectivity index (χ2n) is 5.24. The summed E-state index contributed by atoms with van der Waals surface area (Å²) >= 11 is 0. The van der Waals surface area contributed by atoms with Gasteiger partial charge in [-0.15, -0.1) is 0 Å². The minimum Gasteiger partial charge on any atom is -0.445 e. The second-order valence-corrected chi connectivity index (χ2v) is 5.24. The molecular weight excluding hydrogens is 286 g/mol. The first-order valence-corrected chi connectivity index (χ1v) is 6.94. The molecule has 1 unspecified atom stereocenters. The number of carbonyl (C=O) groups is 3. The Balaban J connectivity index is 2.58. The molecule has 0 aromatic heterocycles. The molecule has 0 radical (unpaired) electrons. The fraction of sp³-hybridized carbons (Fsp3) is 0.400. The first-order valence-electron chi connectivity index (χ1n) is 6.94. The van der Waals surface area contributed by atoms with E-state index in [-0.39, 0.29) is 18.9 Å². The number of hydrogen-bond acceptors (Lipinski definition) is 5. The number of hydrogen-bond donors (Lipinski definition) is 2. The van der Waals surface area contributed by atoms with Crippen molar-refractivity contribution in [2.75, 3.05) is 0 Å². The van der Waals surface area contributed by atoms with Gasteiger partial charge in [-0.2, -0.15) is 0 Å². The average molecular weight is 307 g/mol. The summed E-state index contributed by atoms with van der Waals surface area (Å²) < 4.78 is 5.05. The molecule has 0 aliphatic rings. The van der Waals surface area contributed by atoms with Gasteiger partial charge in [-0.3, -0.25) is 9.59 Å². The molecule has 7 nitrogen and oxygen atoms in total. The smallest absolute Gasteiger partial charge is 0.408 e. The molecule has 0 saturated heterocycles. The van der Waals surface area contributed by atoms with E-state index in [2.05, 4.69) is 5.32 Å². The van der Waals surface area contributed by atoms with Gasteiger partial charge in [-0.1, -0.05) is 44.2 Å². The summed E-state index contributed by atoms with van der Waals surface area (Å²) in [6.07, 6.45) is -0.185. The fourth-order valence-corrected chi connectivity index (χ4v) is 1.83. The molecule has 0 heterocycles. The summed E-state index contributed by atoms with van der Waals surface area (Å²) in [4.78, 5) is 34.3. The van der Waals surface area contributed by atoms with Crippen LogP contribution in [0.4, 0.5) is 4.79 Å². The Morgan fingerprint density at radius 1 is 1.32 bits per heavy atom. The Morgan fingerprint density at radius 3 is 2.50 bits per heavy atom. The molecule has 120 valence electrons. The molecule has 0 aliphatic carbocycles. The molecule has 1 atom stereocenters. The Kier molecular flexibility index (Phi) is 7.04. The molecular formula is C15H21N3O4. The van der Waals surface area contributed by atoms with Crippen LogP contribution in [0.2, 0.25) is 0 Å². The van der Waals surface area contributed by atoms with Crippen molar-refractivity contribution in [3.05, 3.63) is 35.9 Å². The van der Waals surface area contributed by atoms with Crippen molar-refractivity contribution < 1.29 is 19.1 Å². The Bertz CT molecular complexity index is 505. The first kappa shape index (κ1) is 17.6. The third-order valence-corrected chi connectivity index (χ3v) is 2.88. The van der Waals surface area contributed by atoms with Crippen molar-refractivity contribution in [1.82, 2.24) is 10.3 Å². The third-order valence-electron chi connectivity index (χ3n) is 2.88.